The van der Waals surface area contributed by atoms with Crippen LogP contribution in [-0.4, -0.2) is 54.8 Å². The van der Waals surface area contributed by atoms with Crippen LogP contribution in [0.4, 0.5) is 0 Å². The van der Waals surface area contributed by atoms with Gasteiger partial charge in [0.25, 0.3) is 0 Å². The molecular weight excluding hydrogens is 466 g/mol. The minimum Gasteiger partial charge on any atom is -0.507 e. The number of rotatable bonds is 7. The number of benzene rings is 1. The fourth-order valence-electron chi connectivity index (χ4n) is 4.93. The van der Waals surface area contributed by atoms with Crippen LogP contribution in [0.5, 0.6) is 5.75 Å². The van der Waals surface area contributed by atoms with Gasteiger partial charge in [-0.2, -0.15) is 0 Å². The molecule has 0 atom stereocenters. The maximum atomic E-state index is 13.3. The summed E-state index contributed by atoms with van der Waals surface area (Å²) in [6.45, 7) is 5.15. The summed E-state index contributed by atoms with van der Waals surface area (Å²) in [5.74, 6) is -0.222. The maximum Gasteiger partial charge on any atom is 0.340 e. The number of carbonyl (C=O) groups excluding carboxylic acids is 1. The Hall–Kier alpha value is -3.36. The molecular formula is C26H30ClN5O3. The molecule has 0 spiro atoms. The highest BCUT2D eigenvalue weighted by molar-refractivity contribution is 6.09. The Balaban J connectivity index is 0.00000289. The molecule has 0 bridgehead atoms. The van der Waals surface area contributed by atoms with Gasteiger partial charge in [-0.3, -0.25) is 9.88 Å². The lowest BCUT2D eigenvalue weighted by Crippen LogP contribution is -2.22. The predicted octanol–water partition coefficient (Wildman–Crippen LogP) is 4.39. The smallest absolute Gasteiger partial charge is 0.340 e. The molecule has 1 aliphatic rings. The highest BCUT2D eigenvalue weighted by Gasteiger charge is 2.29. The molecule has 4 heterocycles. The number of pyridine rings is 1. The maximum absolute atomic E-state index is 13.3. The summed E-state index contributed by atoms with van der Waals surface area (Å²) < 4.78 is 9.49. The lowest BCUT2D eigenvalue weighted by atomic mass is 9.96. The molecule has 4 aromatic rings. The zero-order chi connectivity index (χ0) is 23.7. The van der Waals surface area contributed by atoms with Crippen molar-refractivity contribution in [2.45, 2.75) is 32.9 Å². The topological polar surface area (TPSA) is 85.4 Å². The number of phenols is 1. The number of hydrogen-bond acceptors (Lipinski definition) is 6. The number of imidazole rings is 1. The van der Waals surface area contributed by atoms with Crippen molar-refractivity contribution < 1.29 is 14.6 Å². The number of hydrogen-bond donors (Lipinski definition) is 1. The third-order valence-electron chi connectivity index (χ3n) is 6.61. The molecule has 3 aromatic heterocycles. The van der Waals surface area contributed by atoms with E-state index >= 15 is 0 Å². The molecule has 0 unspecified atom stereocenters. The van der Waals surface area contributed by atoms with Crippen molar-refractivity contribution in [1.29, 1.82) is 0 Å². The number of carbonyl (C=O) groups is 1. The monoisotopic (exact) mass is 495 g/mol. The van der Waals surface area contributed by atoms with Crippen molar-refractivity contribution in [2.75, 3.05) is 19.7 Å². The van der Waals surface area contributed by atoms with Gasteiger partial charge in [0, 0.05) is 66.2 Å². The number of nitrogens with zero attached hydrogens (tertiary/aromatic N) is 5. The Morgan fingerprint density at radius 2 is 1.97 bits per heavy atom. The molecule has 1 aliphatic heterocycles. The van der Waals surface area contributed by atoms with Crippen molar-refractivity contribution >= 4 is 29.3 Å². The summed E-state index contributed by atoms with van der Waals surface area (Å²) in [5.41, 5.74) is 4.48. The third-order valence-corrected chi connectivity index (χ3v) is 6.61. The molecule has 1 aromatic carbocycles. The number of aromatic nitrogens is 4. The Labute approximate surface area is 210 Å². The molecule has 5 rings (SSSR count). The lowest BCUT2D eigenvalue weighted by Gasteiger charge is -2.16. The molecule has 1 N–H and O–H groups in total. The van der Waals surface area contributed by atoms with E-state index in [0.29, 0.717) is 29.8 Å². The van der Waals surface area contributed by atoms with Crippen LogP contribution in [0.25, 0.3) is 22.0 Å². The predicted molar refractivity (Wildman–Crippen MR) is 137 cm³/mol. The van der Waals surface area contributed by atoms with E-state index in [1.54, 1.807) is 24.9 Å². The average Bonchev–Trinajstić information content (AvgIpc) is 3.59. The molecule has 0 aliphatic carbocycles. The van der Waals surface area contributed by atoms with Gasteiger partial charge in [0.05, 0.1) is 30.6 Å². The second-order valence-corrected chi connectivity index (χ2v) is 8.71. The van der Waals surface area contributed by atoms with Gasteiger partial charge in [0.1, 0.15) is 5.75 Å². The van der Waals surface area contributed by atoms with E-state index in [1.807, 2.05) is 42.9 Å². The van der Waals surface area contributed by atoms with Gasteiger partial charge in [-0.15, -0.1) is 12.4 Å². The van der Waals surface area contributed by atoms with Crippen LogP contribution >= 0.6 is 12.4 Å². The van der Waals surface area contributed by atoms with Crippen LogP contribution in [0.15, 0.2) is 49.3 Å². The number of fused-ring (bicyclic) bond motifs is 1. The van der Waals surface area contributed by atoms with E-state index in [2.05, 4.69) is 19.4 Å². The Morgan fingerprint density at radius 3 is 2.63 bits per heavy atom. The minimum absolute atomic E-state index is 0. The molecule has 0 amide bonds. The summed E-state index contributed by atoms with van der Waals surface area (Å²) in [4.78, 5) is 24.1. The van der Waals surface area contributed by atoms with Gasteiger partial charge in [-0.05, 0) is 45.0 Å². The SMILES string of the molecule is CCOC(=O)c1c(CN2CCCC2)n(C)c2cc(-c3cccnc3)c(O)c(Cn3ccnc3)c12.Cl. The summed E-state index contributed by atoms with van der Waals surface area (Å²) in [7, 11) is 1.99. The quantitative estimate of drug-likeness (QED) is 0.383. The van der Waals surface area contributed by atoms with Gasteiger partial charge in [-0.25, -0.2) is 9.78 Å². The highest BCUT2D eigenvalue weighted by atomic mass is 35.5. The Bertz CT molecular complexity index is 1310. The van der Waals surface area contributed by atoms with Gasteiger partial charge in [0.2, 0.25) is 0 Å². The third kappa shape index (κ3) is 4.63. The zero-order valence-electron chi connectivity index (χ0n) is 20.0. The summed E-state index contributed by atoms with van der Waals surface area (Å²) >= 11 is 0. The minimum atomic E-state index is -0.359. The summed E-state index contributed by atoms with van der Waals surface area (Å²) in [5, 5.41) is 12.3. The van der Waals surface area contributed by atoms with Crippen molar-refractivity contribution in [3.8, 4) is 16.9 Å². The van der Waals surface area contributed by atoms with Crippen LogP contribution in [0.1, 0.15) is 41.4 Å². The first kappa shape index (κ1) is 24.8. The standard InChI is InChI=1S/C26H29N5O3.ClH/c1-3-34-26(33)24-22(16-30-10-4-5-11-30)29(2)21-13-19(18-7-6-8-27-14-18)25(32)20(23(21)24)15-31-12-9-28-17-31;/h6-9,12-14,17,32H,3-5,10-11,15-16H2,1-2H3;1H. The highest BCUT2D eigenvalue weighted by Crippen LogP contribution is 2.42. The first-order valence-electron chi connectivity index (χ1n) is 11.7. The molecule has 35 heavy (non-hydrogen) atoms. The van der Waals surface area contributed by atoms with Crippen LogP contribution in [0, 0.1) is 0 Å². The molecule has 0 radical (unpaired) electrons. The van der Waals surface area contributed by atoms with E-state index in [1.165, 1.54) is 0 Å². The molecule has 8 nitrogen and oxygen atoms in total. The summed E-state index contributed by atoms with van der Waals surface area (Å²) in [6.07, 6.45) is 11.0. The number of phenolic OH excluding ortho intramolecular Hbond substituents is 1. The van der Waals surface area contributed by atoms with Crippen molar-refractivity contribution in [3.05, 3.63) is 66.1 Å². The van der Waals surface area contributed by atoms with E-state index < -0.39 is 0 Å². The van der Waals surface area contributed by atoms with Crippen LogP contribution in [0.3, 0.4) is 0 Å². The molecule has 0 saturated carbocycles. The van der Waals surface area contributed by atoms with Crippen molar-refractivity contribution in [2.24, 2.45) is 7.05 Å². The van der Waals surface area contributed by atoms with E-state index in [0.717, 1.165) is 48.1 Å². The van der Waals surface area contributed by atoms with Crippen LogP contribution in [-0.2, 0) is 24.9 Å². The van der Waals surface area contributed by atoms with Gasteiger partial charge < -0.3 is 19.0 Å². The Morgan fingerprint density at radius 1 is 1.17 bits per heavy atom. The van der Waals surface area contributed by atoms with Gasteiger partial charge >= 0.3 is 5.97 Å². The van der Waals surface area contributed by atoms with Crippen molar-refractivity contribution in [1.82, 2.24) is 24.0 Å². The van der Waals surface area contributed by atoms with Crippen LogP contribution in [0.2, 0.25) is 0 Å². The number of aromatic hydroxyl groups is 1. The average molecular weight is 496 g/mol. The molecule has 9 heteroatoms. The Kier molecular flexibility index (Phi) is 7.42. The number of halogens is 1. The van der Waals surface area contributed by atoms with E-state index in [4.69, 9.17) is 4.74 Å². The second kappa shape index (κ2) is 10.5. The molecule has 1 fully saturated rings. The number of ether oxygens (including phenoxy) is 1. The van der Waals surface area contributed by atoms with Crippen LogP contribution < -0.4 is 0 Å². The van der Waals surface area contributed by atoms with E-state index in [-0.39, 0.29) is 30.7 Å². The van der Waals surface area contributed by atoms with Gasteiger partial charge in [0.15, 0.2) is 0 Å². The largest absolute Gasteiger partial charge is 0.507 e. The zero-order valence-corrected chi connectivity index (χ0v) is 20.8. The molecule has 1 saturated heterocycles. The normalized spacial score (nSPS) is 13.8. The fraction of sp³-hybridized carbons (Fsp3) is 0.346. The second-order valence-electron chi connectivity index (χ2n) is 8.71. The number of aryl methyl sites for hydroxylation is 1. The number of likely N-dealkylation sites (tertiary alicyclic amines) is 1. The fourth-order valence-corrected chi connectivity index (χ4v) is 4.93. The summed E-state index contributed by atoms with van der Waals surface area (Å²) in [6, 6.07) is 5.73. The number of esters is 1. The molecule has 184 valence electrons. The first-order chi connectivity index (χ1) is 16.6. The van der Waals surface area contributed by atoms with E-state index in [9.17, 15) is 9.90 Å². The first-order valence-corrected chi connectivity index (χ1v) is 11.7. The van der Waals surface area contributed by atoms with Gasteiger partial charge in [-0.1, -0.05) is 6.07 Å². The van der Waals surface area contributed by atoms with Crippen molar-refractivity contribution in [3.63, 3.8) is 0 Å². The lowest BCUT2D eigenvalue weighted by molar-refractivity contribution is 0.0526.